The number of nitriles is 1. The molecule has 1 aliphatic heterocycles. The molecule has 1 aliphatic rings. The summed E-state index contributed by atoms with van der Waals surface area (Å²) < 4.78 is 2.36. The van der Waals surface area contributed by atoms with E-state index in [9.17, 15) is 4.79 Å². The van der Waals surface area contributed by atoms with Crippen LogP contribution in [0.2, 0.25) is 0 Å². The topological polar surface area (TPSA) is 49.0 Å². The lowest BCUT2D eigenvalue weighted by atomic mass is 9.90. The van der Waals surface area contributed by atoms with Crippen LogP contribution in [-0.4, -0.2) is 21.9 Å². The lowest BCUT2D eigenvalue weighted by Gasteiger charge is -2.29. The van der Waals surface area contributed by atoms with Gasteiger partial charge in [-0.15, -0.1) is 0 Å². The van der Waals surface area contributed by atoms with Crippen molar-refractivity contribution in [1.29, 1.82) is 5.26 Å². The van der Waals surface area contributed by atoms with Crippen LogP contribution < -0.4 is 0 Å². The maximum Gasteiger partial charge on any atom is 0.222 e. The Bertz CT molecular complexity index is 1130. The molecule has 2 aromatic carbocycles. The van der Waals surface area contributed by atoms with Crippen molar-refractivity contribution in [3.8, 4) is 6.07 Å². The lowest BCUT2D eigenvalue weighted by molar-refractivity contribution is -0.132. The number of hydrogen-bond acceptors (Lipinski definition) is 2. The molecule has 160 valence electrons. The summed E-state index contributed by atoms with van der Waals surface area (Å²) in [7, 11) is 0. The van der Waals surface area contributed by atoms with Crippen LogP contribution in [0.1, 0.15) is 62.4 Å². The second-order valence-corrected chi connectivity index (χ2v) is 9.82. The molecule has 1 amide bonds. The van der Waals surface area contributed by atoms with E-state index in [0.29, 0.717) is 18.5 Å². The minimum absolute atomic E-state index is 0.267. The molecular weight excluding hydrogens is 382 g/mol. The molecule has 0 saturated heterocycles. The van der Waals surface area contributed by atoms with E-state index in [1.807, 2.05) is 29.2 Å². The molecule has 0 saturated carbocycles. The average Bonchev–Trinajstić information content (AvgIpc) is 3.06. The fourth-order valence-corrected chi connectivity index (χ4v) is 4.58. The first-order chi connectivity index (χ1) is 14.9. The molecule has 0 aliphatic carbocycles. The Morgan fingerprint density at radius 3 is 2.55 bits per heavy atom. The maximum atomic E-state index is 12.9. The first-order valence-electron chi connectivity index (χ1n) is 11.2. The molecule has 31 heavy (non-hydrogen) atoms. The second-order valence-electron chi connectivity index (χ2n) is 9.82. The van der Waals surface area contributed by atoms with Gasteiger partial charge in [0.05, 0.1) is 18.2 Å². The van der Waals surface area contributed by atoms with Gasteiger partial charge in [-0.05, 0) is 54.0 Å². The van der Waals surface area contributed by atoms with Crippen molar-refractivity contribution in [3.63, 3.8) is 0 Å². The van der Waals surface area contributed by atoms with Gasteiger partial charge in [0.1, 0.15) is 0 Å². The number of amides is 1. The van der Waals surface area contributed by atoms with E-state index in [4.69, 9.17) is 5.26 Å². The monoisotopic (exact) mass is 413 g/mol. The first kappa shape index (κ1) is 21.2. The van der Waals surface area contributed by atoms with Crippen molar-refractivity contribution in [2.45, 2.75) is 59.5 Å². The molecule has 0 atom stereocenters. The molecule has 2 heterocycles. The third-order valence-electron chi connectivity index (χ3n) is 6.26. The molecule has 0 bridgehead atoms. The van der Waals surface area contributed by atoms with Gasteiger partial charge < -0.3 is 9.47 Å². The number of carbonyl (C=O) groups excluding carboxylic acids is 1. The van der Waals surface area contributed by atoms with Crippen molar-refractivity contribution in [2.75, 3.05) is 6.54 Å². The van der Waals surface area contributed by atoms with E-state index in [2.05, 4.69) is 55.7 Å². The predicted molar refractivity (Wildman–Crippen MR) is 125 cm³/mol. The lowest BCUT2D eigenvalue weighted by Crippen LogP contribution is -2.36. The fourth-order valence-electron chi connectivity index (χ4n) is 4.58. The van der Waals surface area contributed by atoms with Gasteiger partial charge in [-0.1, -0.05) is 51.1 Å². The van der Waals surface area contributed by atoms with Crippen molar-refractivity contribution in [2.24, 2.45) is 5.41 Å². The quantitative estimate of drug-likeness (QED) is 0.542. The Hall–Kier alpha value is -3.06. The number of nitrogens with zero attached hydrogens (tertiary/aromatic N) is 3. The summed E-state index contributed by atoms with van der Waals surface area (Å²) in [5, 5.41) is 10.4. The van der Waals surface area contributed by atoms with Gasteiger partial charge >= 0.3 is 0 Å². The standard InChI is InChI=1S/C27H31N3O/c1-27(2,3)15-6-9-26(31)29-16-14-23-22-7-4-5-8-24(22)30(25(23)19-29)18-21-12-10-20(17-28)11-13-21/h4-5,7-8,10-13H,6,9,14-16,18-19H2,1-3H3. The van der Waals surface area contributed by atoms with Crippen LogP contribution in [0, 0.1) is 16.7 Å². The largest absolute Gasteiger partial charge is 0.338 e. The van der Waals surface area contributed by atoms with Crippen LogP contribution in [0.25, 0.3) is 10.9 Å². The van der Waals surface area contributed by atoms with Crippen molar-refractivity contribution in [1.82, 2.24) is 9.47 Å². The molecule has 1 aromatic heterocycles. The Labute approximate surface area is 185 Å². The predicted octanol–water partition coefficient (Wildman–Crippen LogP) is 5.66. The molecule has 3 aromatic rings. The SMILES string of the molecule is CC(C)(C)CCCC(=O)N1CCc2c(n(Cc3ccc(C#N)cc3)c3ccccc23)C1. The van der Waals surface area contributed by atoms with Crippen LogP contribution in [0.3, 0.4) is 0 Å². The van der Waals surface area contributed by atoms with Gasteiger partial charge in [0.2, 0.25) is 5.91 Å². The van der Waals surface area contributed by atoms with Crippen LogP contribution in [0.5, 0.6) is 0 Å². The number of benzene rings is 2. The first-order valence-corrected chi connectivity index (χ1v) is 11.2. The minimum Gasteiger partial charge on any atom is -0.338 e. The smallest absolute Gasteiger partial charge is 0.222 e. The Morgan fingerprint density at radius 1 is 1.10 bits per heavy atom. The number of aromatic nitrogens is 1. The van der Waals surface area contributed by atoms with Crippen LogP contribution in [-0.2, 0) is 24.3 Å². The maximum absolute atomic E-state index is 12.9. The Balaban J connectivity index is 1.59. The van der Waals surface area contributed by atoms with Gasteiger partial charge in [-0.3, -0.25) is 4.79 Å². The fraction of sp³-hybridized carbons (Fsp3) is 0.407. The Morgan fingerprint density at radius 2 is 1.84 bits per heavy atom. The molecule has 4 nitrogen and oxygen atoms in total. The summed E-state index contributed by atoms with van der Waals surface area (Å²) in [6.07, 6.45) is 3.54. The molecule has 4 rings (SSSR count). The van der Waals surface area contributed by atoms with E-state index < -0.39 is 0 Å². The number of fused-ring (bicyclic) bond motifs is 3. The second kappa shape index (κ2) is 8.59. The third kappa shape index (κ3) is 4.66. The number of rotatable bonds is 5. The molecule has 0 N–H and O–H groups in total. The number of para-hydroxylation sites is 1. The van der Waals surface area contributed by atoms with E-state index >= 15 is 0 Å². The van der Waals surface area contributed by atoms with Crippen LogP contribution in [0.15, 0.2) is 48.5 Å². The summed E-state index contributed by atoms with van der Waals surface area (Å²) in [4.78, 5) is 15.0. The van der Waals surface area contributed by atoms with Crippen LogP contribution >= 0.6 is 0 Å². The van der Waals surface area contributed by atoms with Gasteiger partial charge in [-0.25, -0.2) is 0 Å². The molecular formula is C27H31N3O. The summed E-state index contributed by atoms with van der Waals surface area (Å²) in [6.45, 7) is 8.90. The average molecular weight is 414 g/mol. The van der Waals surface area contributed by atoms with Crippen molar-refractivity contribution >= 4 is 16.8 Å². The molecule has 0 spiro atoms. The summed E-state index contributed by atoms with van der Waals surface area (Å²) in [5.41, 5.74) is 5.96. The highest BCUT2D eigenvalue weighted by Gasteiger charge is 2.26. The highest BCUT2D eigenvalue weighted by Crippen LogP contribution is 2.32. The zero-order valence-corrected chi connectivity index (χ0v) is 18.8. The van der Waals surface area contributed by atoms with E-state index in [1.165, 1.54) is 22.2 Å². The summed E-state index contributed by atoms with van der Waals surface area (Å²) in [5.74, 6) is 0.269. The molecule has 0 fully saturated rings. The summed E-state index contributed by atoms with van der Waals surface area (Å²) >= 11 is 0. The van der Waals surface area contributed by atoms with Crippen molar-refractivity contribution in [3.05, 3.63) is 70.9 Å². The van der Waals surface area contributed by atoms with Crippen molar-refractivity contribution < 1.29 is 4.79 Å². The third-order valence-corrected chi connectivity index (χ3v) is 6.26. The highest BCUT2D eigenvalue weighted by molar-refractivity contribution is 5.86. The molecule has 4 heteroatoms. The van der Waals surface area contributed by atoms with Crippen LogP contribution in [0.4, 0.5) is 0 Å². The van der Waals surface area contributed by atoms with E-state index in [1.54, 1.807) is 0 Å². The van der Waals surface area contributed by atoms with Gasteiger partial charge in [-0.2, -0.15) is 5.26 Å². The van der Waals surface area contributed by atoms with Gasteiger partial charge in [0.25, 0.3) is 0 Å². The van der Waals surface area contributed by atoms with Gasteiger partial charge in [0.15, 0.2) is 0 Å². The Kier molecular flexibility index (Phi) is 5.87. The van der Waals surface area contributed by atoms with E-state index in [0.717, 1.165) is 37.9 Å². The van der Waals surface area contributed by atoms with Gasteiger partial charge in [0, 0.05) is 36.1 Å². The summed E-state index contributed by atoms with van der Waals surface area (Å²) in [6, 6.07) is 18.5. The van der Waals surface area contributed by atoms with E-state index in [-0.39, 0.29) is 11.3 Å². The molecule has 0 unspecified atom stereocenters. The number of carbonyl (C=O) groups is 1. The number of hydrogen-bond donors (Lipinski definition) is 0. The molecule has 0 radical (unpaired) electrons. The minimum atomic E-state index is 0.267. The normalized spacial score (nSPS) is 13.8. The highest BCUT2D eigenvalue weighted by atomic mass is 16.2. The zero-order valence-electron chi connectivity index (χ0n) is 18.8. The zero-order chi connectivity index (χ0) is 22.0.